The second-order valence-electron chi connectivity index (χ2n) is 6.82. The van der Waals surface area contributed by atoms with Crippen molar-refractivity contribution in [3.63, 3.8) is 0 Å². The lowest BCUT2D eigenvalue weighted by Crippen LogP contribution is -2.22. The molecule has 0 saturated carbocycles. The fraction of sp³-hybridized carbons (Fsp3) is 0.667. The van der Waals surface area contributed by atoms with Crippen molar-refractivity contribution in [1.82, 2.24) is 5.32 Å². The van der Waals surface area contributed by atoms with Gasteiger partial charge in [0.2, 0.25) is 6.41 Å². The van der Waals surface area contributed by atoms with Crippen LogP contribution in [0.2, 0.25) is 0 Å². The molecule has 0 heterocycles. The molecule has 0 rings (SSSR count). The summed E-state index contributed by atoms with van der Waals surface area (Å²) in [5.74, 6) is -0.579. The number of esters is 1. The highest BCUT2D eigenvalue weighted by atomic mass is 16.6. The summed E-state index contributed by atoms with van der Waals surface area (Å²) in [4.78, 5) is 35.4. The van der Waals surface area contributed by atoms with E-state index in [4.69, 9.17) is 4.74 Å². The molecule has 32 heavy (non-hydrogen) atoms. The number of carbonyl (C=O) groups excluding carboxylic acids is 3. The van der Waals surface area contributed by atoms with Crippen LogP contribution in [0, 0.1) is 0 Å². The maximum Gasteiger partial charge on any atom is 0.354 e. The van der Waals surface area contributed by atoms with Crippen LogP contribution in [0.3, 0.4) is 0 Å². The summed E-state index contributed by atoms with van der Waals surface area (Å²) in [5.41, 5.74) is 1.16. The van der Waals surface area contributed by atoms with Gasteiger partial charge in [-0.25, -0.2) is 4.79 Å². The Morgan fingerprint density at radius 1 is 0.938 bits per heavy atom. The van der Waals surface area contributed by atoms with Crippen LogP contribution in [0.25, 0.3) is 0 Å². The van der Waals surface area contributed by atoms with Gasteiger partial charge in [0.25, 0.3) is 0 Å². The lowest BCUT2D eigenvalue weighted by Gasteiger charge is -2.09. The van der Waals surface area contributed by atoms with Gasteiger partial charge in [0.15, 0.2) is 0 Å². The van der Waals surface area contributed by atoms with Crippen molar-refractivity contribution >= 4 is 24.9 Å². The molecule has 0 fully saturated rings. The molecule has 0 aliphatic carbocycles. The molecule has 1 amide bonds. The van der Waals surface area contributed by atoms with Crippen LogP contribution < -0.4 is 10.4 Å². The van der Waals surface area contributed by atoms with E-state index in [1.165, 1.54) is 12.8 Å². The van der Waals surface area contributed by atoms with Gasteiger partial charge >= 0.3 is 5.97 Å². The van der Waals surface area contributed by atoms with E-state index in [0.717, 1.165) is 50.3 Å². The third-order valence-electron chi connectivity index (χ3n) is 3.88. The molecular weight excluding hydrogens is 412 g/mol. The summed E-state index contributed by atoms with van der Waals surface area (Å²) in [6, 6.07) is 0. The molecule has 0 saturated heterocycles. The Labute approximate surface area is 194 Å². The summed E-state index contributed by atoms with van der Waals surface area (Å²) < 4.78 is 9.32. The molecule has 0 unspecified atom stereocenters. The van der Waals surface area contributed by atoms with Crippen molar-refractivity contribution in [2.24, 2.45) is 4.99 Å². The average Bonchev–Trinajstić information content (AvgIpc) is 2.73. The zero-order valence-corrected chi connectivity index (χ0v) is 20.8. The average molecular weight is 456 g/mol. The number of carbonyl (C=O) groups is 3. The minimum Gasteiger partial charge on any atom is -0.613 e. The van der Waals surface area contributed by atoms with E-state index >= 15 is 0 Å². The number of rotatable bonds is 15. The quantitative estimate of drug-likeness (QED) is 0.0988. The normalized spacial score (nSPS) is 10.9. The highest BCUT2D eigenvalue weighted by Crippen LogP contribution is 2.12. The van der Waals surface area contributed by atoms with Gasteiger partial charge < -0.3 is 24.7 Å². The maximum absolute atomic E-state index is 11.5. The Hall–Kier alpha value is -2.64. The molecule has 0 bridgehead atoms. The third-order valence-corrected chi connectivity index (χ3v) is 3.88. The zero-order valence-electron chi connectivity index (χ0n) is 20.8. The number of allylic oxidation sites excluding steroid dienone is 1. The molecule has 0 atom stereocenters. The topological polar surface area (TPSA) is 117 Å². The first kappa shape index (κ1) is 34.0. The van der Waals surface area contributed by atoms with Crippen molar-refractivity contribution in [2.75, 3.05) is 13.2 Å². The van der Waals surface area contributed by atoms with Crippen LogP contribution in [0.4, 0.5) is 0 Å². The largest absolute Gasteiger partial charge is 0.613 e. The first-order chi connectivity index (χ1) is 15.2. The molecule has 8 nitrogen and oxygen atoms in total. The van der Waals surface area contributed by atoms with Crippen LogP contribution in [-0.2, 0) is 23.9 Å². The molecule has 1 N–H and O–H groups in total. The Morgan fingerprint density at radius 3 is 1.88 bits per heavy atom. The molecule has 0 aliphatic heterocycles. The van der Waals surface area contributed by atoms with E-state index in [9.17, 15) is 19.5 Å². The number of amides is 1. The SMILES string of the molecule is C=NC=C([O-])OCC.CCCCC/C(C)=C(/NC=O)C(=O)OCC.CCCCCC(C)=O. The summed E-state index contributed by atoms with van der Waals surface area (Å²) in [7, 11) is 0. The molecular formula is C24H43N2O6-. The first-order valence-electron chi connectivity index (χ1n) is 11.3. The van der Waals surface area contributed by atoms with Crippen molar-refractivity contribution in [1.29, 1.82) is 0 Å². The van der Waals surface area contributed by atoms with Crippen molar-refractivity contribution in [3.8, 4) is 0 Å². The number of unbranched alkanes of at least 4 members (excludes halogenated alkanes) is 4. The lowest BCUT2D eigenvalue weighted by molar-refractivity contribution is -0.356. The van der Waals surface area contributed by atoms with E-state index in [1.807, 2.05) is 6.92 Å². The summed E-state index contributed by atoms with van der Waals surface area (Å²) in [5, 5.41) is 12.6. The monoisotopic (exact) mass is 455 g/mol. The minimum absolute atomic E-state index is 0.285. The number of aliphatic imine (C=N–C) groups is 1. The zero-order chi connectivity index (χ0) is 25.2. The fourth-order valence-electron chi connectivity index (χ4n) is 2.26. The van der Waals surface area contributed by atoms with Crippen LogP contribution >= 0.6 is 0 Å². The van der Waals surface area contributed by atoms with E-state index in [2.05, 4.69) is 35.6 Å². The smallest absolute Gasteiger partial charge is 0.354 e. The number of hydrogen-bond acceptors (Lipinski definition) is 7. The van der Waals surface area contributed by atoms with Gasteiger partial charge in [0.05, 0.1) is 12.6 Å². The van der Waals surface area contributed by atoms with Gasteiger partial charge in [-0.1, -0.05) is 46.5 Å². The Bertz CT molecular complexity index is 571. The molecule has 0 radical (unpaired) electrons. The first-order valence-corrected chi connectivity index (χ1v) is 11.3. The second kappa shape index (κ2) is 26.4. The van der Waals surface area contributed by atoms with Crippen LogP contribution in [0.5, 0.6) is 0 Å². The van der Waals surface area contributed by atoms with Crippen LogP contribution in [0.1, 0.15) is 92.9 Å². The standard InChI is InChI=1S/C12H21NO3.C7H14O.C5H9NO2/c1-4-6-7-8-10(3)11(13-9-14)12(15)16-5-2;1-3-4-5-6-7(2)8;1-3-8-5(7)4-6-2/h9H,4-8H2,1-3H3,(H,13,14);3-6H2,1-2H3;4,7H,2-3H2,1H3/p-1/b11-10+;;. The van der Waals surface area contributed by atoms with Crippen LogP contribution in [0.15, 0.2) is 28.4 Å². The summed E-state index contributed by atoms with van der Waals surface area (Å²) in [6.45, 7) is 15.0. The number of nitrogens with one attached hydrogen (secondary N) is 1. The lowest BCUT2D eigenvalue weighted by atomic mass is 10.1. The number of hydrogen-bond donors (Lipinski definition) is 1. The predicted octanol–water partition coefficient (Wildman–Crippen LogP) is 4.19. The molecule has 8 heteroatoms. The van der Waals surface area contributed by atoms with Crippen molar-refractivity contribution in [2.45, 2.75) is 92.9 Å². The van der Waals surface area contributed by atoms with Gasteiger partial charge in [0.1, 0.15) is 11.5 Å². The van der Waals surface area contributed by atoms with Gasteiger partial charge in [-0.3, -0.25) is 9.79 Å². The molecule has 186 valence electrons. The molecule has 0 aromatic heterocycles. The fourth-order valence-corrected chi connectivity index (χ4v) is 2.26. The number of nitrogens with zero attached hydrogens (tertiary/aromatic N) is 1. The Kier molecular flexibility index (Phi) is 28.0. The second-order valence-corrected chi connectivity index (χ2v) is 6.82. The number of Topliss-reactive ketones (excluding diaryl/α,β-unsaturated/α-hetero) is 1. The van der Waals surface area contributed by atoms with Gasteiger partial charge in [0, 0.05) is 12.6 Å². The van der Waals surface area contributed by atoms with Gasteiger partial charge in [-0.2, -0.15) is 0 Å². The van der Waals surface area contributed by atoms with Gasteiger partial charge in [-0.15, -0.1) is 0 Å². The van der Waals surface area contributed by atoms with Crippen molar-refractivity contribution < 1.29 is 29.0 Å². The molecule has 0 spiro atoms. The Morgan fingerprint density at radius 2 is 1.47 bits per heavy atom. The van der Waals surface area contributed by atoms with Crippen LogP contribution in [-0.4, -0.2) is 38.1 Å². The summed E-state index contributed by atoms with van der Waals surface area (Å²) in [6.07, 6.45) is 9.86. The number of ketones is 1. The predicted molar refractivity (Wildman–Crippen MR) is 127 cm³/mol. The highest BCUT2D eigenvalue weighted by Gasteiger charge is 2.13. The third kappa shape index (κ3) is 25.4. The molecule has 0 aliphatic rings. The van der Waals surface area contributed by atoms with Crippen molar-refractivity contribution in [3.05, 3.63) is 23.4 Å². The van der Waals surface area contributed by atoms with E-state index < -0.39 is 11.9 Å². The van der Waals surface area contributed by atoms with E-state index in [1.54, 1.807) is 20.8 Å². The molecule has 0 aromatic rings. The number of ether oxygens (including phenoxy) is 2. The Balaban J connectivity index is -0.000000441. The molecule has 0 aromatic carbocycles. The van der Waals surface area contributed by atoms with Gasteiger partial charge in [-0.05, 0) is 58.9 Å². The highest BCUT2D eigenvalue weighted by molar-refractivity contribution is 5.91. The maximum atomic E-state index is 11.5. The van der Waals surface area contributed by atoms with E-state index in [-0.39, 0.29) is 5.70 Å². The minimum atomic E-state index is -0.455. The summed E-state index contributed by atoms with van der Waals surface area (Å²) >= 11 is 0. The van der Waals surface area contributed by atoms with E-state index in [0.29, 0.717) is 25.4 Å².